The highest BCUT2D eigenvalue weighted by atomic mass is 35.5. The molecule has 0 saturated carbocycles. The minimum atomic E-state index is -0.418. The van der Waals surface area contributed by atoms with Crippen LogP contribution in [0.4, 0.5) is 11.4 Å². The van der Waals surface area contributed by atoms with E-state index in [9.17, 15) is 9.59 Å². The Balaban J connectivity index is 1.42. The Morgan fingerprint density at radius 3 is 2.41 bits per heavy atom. The summed E-state index contributed by atoms with van der Waals surface area (Å²) in [5, 5.41) is 0.699. The summed E-state index contributed by atoms with van der Waals surface area (Å²) in [6.45, 7) is 3.05. The Morgan fingerprint density at radius 1 is 0.852 bits per heavy atom. The van der Waals surface area contributed by atoms with E-state index in [1.54, 1.807) is 9.80 Å². The van der Waals surface area contributed by atoms with E-state index in [0.717, 1.165) is 29.8 Å². The number of carbonyl (C=O) groups is 2. The average Bonchev–Trinajstić information content (AvgIpc) is 2.72. The summed E-state index contributed by atoms with van der Waals surface area (Å²) in [7, 11) is 0. The highest BCUT2D eigenvalue weighted by Crippen LogP contribution is 2.27. The van der Waals surface area contributed by atoms with Crippen LogP contribution in [-0.2, 0) is 16.0 Å². The molecule has 2 aliphatic rings. The molecule has 0 aromatic heterocycles. The summed E-state index contributed by atoms with van der Waals surface area (Å²) in [5.41, 5.74) is 3.06. The maximum atomic E-state index is 12.9. The van der Waals surface area contributed by atoms with Crippen molar-refractivity contribution in [1.29, 1.82) is 0 Å². The topological polar surface area (TPSA) is 43.9 Å². The first-order valence-electron chi connectivity index (χ1n) is 9.33. The molecule has 0 N–H and O–H groups in total. The van der Waals surface area contributed by atoms with Crippen LogP contribution in [0.1, 0.15) is 12.0 Å². The number of para-hydroxylation sites is 1. The molecule has 0 unspecified atom stereocenters. The van der Waals surface area contributed by atoms with Crippen molar-refractivity contribution in [3.63, 3.8) is 0 Å². The van der Waals surface area contributed by atoms with Gasteiger partial charge in [0.1, 0.15) is 0 Å². The number of halogens is 1. The predicted molar refractivity (Wildman–Crippen MR) is 107 cm³/mol. The van der Waals surface area contributed by atoms with E-state index in [4.69, 9.17) is 11.6 Å². The molecule has 2 heterocycles. The molecule has 0 aliphatic carbocycles. The van der Waals surface area contributed by atoms with Crippen LogP contribution in [-0.4, -0.2) is 49.4 Å². The van der Waals surface area contributed by atoms with Gasteiger partial charge >= 0.3 is 11.8 Å². The van der Waals surface area contributed by atoms with E-state index in [1.807, 2.05) is 48.5 Å². The monoisotopic (exact) mass is 383 g/mol. The van der Waals surface area contributed by atoms with E-state index in [2.05, 4.69) is 4.90 Å². The van der Waals surface area contributed by atoms with E-state index >= 15 is 0 Å². The molecule has 0 bridgehead atoms. The predicted octanol–water partition coefficient (Wildman–Crippen LogP) is 2.97. The number of fused-ring (bicyclic) bond motifs is 1. The van der Waals surface area contributed by atoms with Gasteiger partial charge in [-0.1, -0.05) is 35.9 Å². The fourth-order valence-electron chi connectivity index (χ4n) is 3.84. The minimum absolute atomic E-state index is 0.405. The molecule has 4 rings (SSSR count). The van der Waals surface area contributed by atoms with Crippen molar-refractivity contribution in [2.45, 2.75) is 12.8 Å². The van der Waals surface area contributed by atoms with E-state index in [1.165, 1.54) is 0 Å². The number of benzene rings is 2. The van der Waals surface area contributed by atoms with Gasteiger partial charge in [-0.05, 0) is 42.7 Å². The van der Waals surface area contributed by atoms with Crippen LogP contribution in [0.2, 0.25) is 5.02 Å². The van der Waals surface area contributed by atoms with Gasteiger partial charge in [0.15, 0.2) is 0 Å². The molecule has 1 fully saturated rings. The molecule has 0 spiro atoms. The lowest BCUT2D eigenvalue weighted by atomic mass is 10.0. The van der Waals surface area contributed by atoms with Crippen molar-refractivity contribution < 1.29 is 9.59 Å². The van der Waals surface area contributed by atoms with Gasteiger partial charge in [-0.2, -0.15) is 0 Å². The van der Waals surface area contributed by atoms with Crippen molar-refractivity contribution in [2.75, 3.05) is 42.5 Å². The number of rotatable bonds is 1. The molecular formula is C21H22ClN3O2. The molecule has 140 valence electrons. The zero-order valence-electron chi connectivity index (χ0n) is 15.1. The molecule has 5 nitrogen and oxygen atoms in total. The maximum absolute atomic E-state index is 12.9. The highest BCUT2D eigenvalue weighted by Gasteiger charge is 2.32. The number of hydrogen-bond acceptors (Lipinski definition) is 3. The van der Waals surface area contributed by atoms with Crippen molar-refractivity contribution in [1.82, 2.24) is 4.90 Å². The van der Waals surface area contributed by atoms with Crippen molar-refractivity contribution >= 4 is 34.8 Å². The van der Waals surface area contributed by atoms with Gasteiger partial charge in [-0.25, -0.2) is 0 Å². The maximum Gasteiger partial charge on any atom is 0.316 e. The van der Waals surface area contributed by atoms with Crippen LogP contribution in [0.5, 0.6) is 0 Å². The molecule has 2 aromatic carbocycles. The van der Waals surface area contributed by atoms with E-state index < -0.39 is 11.8 Å². The fourth-order valence-corrected chi connectivity index (χ4v) is 4.02. The lowest BCUT2D eigenvalue weighted by Crippen LogP contribution is -2.54. The summed E-state index contributed by atoms with van der Waals surface area (Å²) < 4.78 is 0. The van der Waals surface area contributed by atoms with Gasteiger partial charge in [-0.3, -0.25) is 9.59 Å². The molecule has 0 atom stereocenters. The second-order valence-corrected chi connectivity index (χ2v) is 7.38. The van der Waals surface area contributed by atoms with Gasteiger partial charge in [0.05, 0.1) is 0 Å². The standard InChI is InChI=1S/C21H22ClN3O2/c22-17-7-3-8-18(15-17)23-11-13-24(14-12-23)20(26)21(27)25-10-4-6-16-5-1-2-9-19(16)25/h1-3,5,7-9,15H,4,6,10-14H2. The molecule has 27 heavy (non-hydrogen) atoms. The van der Waals surface area contributed by atoms with Gasteiger partial charge in [0.2, 0.25) is 0 Å². The number of carbonyl (C=O) groups excluding carboxylic acids is 2. The van der Waals surface area contributed by atoms with Crippen LogP contribution in [0.15, 0.2) is 48.5 Å². The third-order valence-corrected chi connectivity index (χ3v) is 5.51. The summed E-state index contributed by atoms with van der Waals surface area (Å²) in [4.78, 5) is 31.2. The van der Waals surface area contributed by atoms with E-state index in [-0.39, 0.29) is 0 Å². The number of aryl methyl sites for hydroxylation is 1. The average molecular weight is 384 g/mol. The Kier molecular flexibility index (Phi) is 5.03. The zero-order chi connectivity index (χ0) is 18.8. The molecular weight excluding hydrogens is 362 g/mol. The van der Waals surface area contributed by atoms with Crippen molar-refractivity contribution in [3.05, 3.63) is 59.1 Å². The number of amides is 2. The Labute approximate surface area is 164 Å². The summed E-state index contributed by atoms with van der Waals surface area (Å²) in [5.74, 6) is -0.823. The minimum Gasteiger partial charge on any atom is -0.368 e. The lowest BCUT2D eigenvalue weighted by Gasteiger charge is -2.37. The first kappa shape index (κ1) is 17.9. The quantitative estimate of drug-likeness (QED) is 0.711. The normalized spacial score (nSPS) is 16.9. The third kappa shape index (κ3) is 3.65. The Bertz CT molecular complexity index is 862. The lowest BCUT2D eigenvalue weighted by molar-refractivity contribution is -0.144. The smallest absolute Gasteiger partial charge is 0.316 e. The third-order valence-electron chi connectivity index (χ3n) is 5.28. The second-order valence-electron chi connectivity index (χ2n) is 6.95. The molecule has 0 radical (unpaired) electrons. The van der Waals surface area contributed by atoms with Crippen molar-refractivity contribution in [3.8, 4) is 0 Å². The Hall–Kier alpha value is -2.53. The number of anilines is 2. The second kappa shape index (κ2) is 7.61. The molecule has 2 aromatic rings. The summed E-state index contributed by atoms with van der Waals surface area (Å²) in [6, 6.07) is 15.6. The summed E-state index contributed by atoms with van der Waals surface area (Å²) >= 11 is 6.07. The first-order valence-corrected chi connectivity index (χ1v) is 9.70. The van der Waals surface area contributed by atoms with Crippen LogP contribution in [0, 0.1) is 0 Å². The highest BCUT2D eigenvalue weighted by molar-refractivity contribution is 6.40. The number of piperazine rings is 1. The van der Waals surface area contributed by atoms with Crippen LogP contribution in [0.3, 0.4) is 0 Å². The zero-order valence-corrected chi connectivity index (χ0v) is 15.9. The largest absolute Gasteiger partial charge is 0.368 e. The first-order chi connectivity index (χ1) is 13.1. The van der Waals surface area contributed by atoms with Crippen LogP contribution < -0.4 is 9.80 Å². The van der Waals surface area contributed by atoms with E-state index in [0.29, 0.717) is 37.7 Å². The van der Waals surface area contributed by atoms with Crippen LogP contribution >= 0.6 is 11.6 Å². The molecule has 6 heteroatoms. The van der Waals surface area contributed by atoms with Gasteiger partial charge in [0, 0.05) is 49.1 Å². The molecule has 2 amide bonds. The van der Waals surface area contributed by atoms with Crippen molar-refractivity contribution in [2.24, 2.45) is 0 Å². The van der Waals surface area contributed by atoms with Crippen LogP contribution in [0.25, 0.3) is 0 Å². The number of hydrogen-bond donors (Lipinski definition) is 0. The SMILES string of the molecule is O=C(C(=O)N1CCCc2ccccc21)N1CCN(c2cccc(Cl)c2)CC1. The fraction of sp³-hybridized carbons (Fsp3) is 0.333. The number of nitrogens with zero attached hydrogens (tertiary/aromatic N) is 3. The molecule has 2 aliphatic heterocycles. The molecule has 1 saturated heterocycles. The summed E-state index contributed by atoms with van der Waals surface area (Å²) in [6.07, 6.45) is 1.84. The van der Waals surface area contributed by atoms with Gasteiger partial charge in [-0.15, -0.1) is 0 Å². The Morgan fingerprint density at radius 2 is 1.63 bits per heavy atom. The van der Waals surface area contributed by atoms with Gasteiger partial charge < -0.3 is 14.7 Å². The van der Waals surface area contributed by atoms with Gasteiger partial charge in [0.25, 0.3) is 0 Å².